The summed E-state index contributed by atoms with van der Waals surface area (Å²) < 4.78 is 33.1. The fourth-order valence-electron chi connectivity index (χ4n) is 4.68. The van der Waals surface area contributed by atoms with E-state index in [-0.39, 0.29) is 19.6 Å². The van der Waals surface area contributed by atoms with Gasteiger partial charge >= 0.3 is 13.8 Å². The number of esters is 1. The highest BCUT2D eigenvalue weighted by Gasteiger charge is 2.26. The first kappa shape index (κ1) is 45.7. The fourth-order valence-corrected chi connectivity index (χ4v) is 5.47. The zero-order valence-corrected chi connectivity index (χ0v) is 30.6. The van der Waals surface area contributed by atoms with E-state index < -0.39 is 39.2 Å². The molecule has 47 heavy (non-hydrogen) atoms. The molecule has 0 saturated heterocycles. The molecule has 0 heterocycles. The van der Waals surface area contributed by atoms with E-state index in [0.29, 0.717) is 13.0 Å². The van der Waals surface area contributed by atoms with Crippen molar-refractivity contribution in [3.63, 3.8) is 0 Å². The molecule has 0 spiro atoms. The molecule has 0 aromatic heterocycles. The van der Waals surface area contributed by atoms with Gasteiger partial charge in [-0.05, 0) is 64.2 Å². The van der Waals surface area contributed by atoms with Crippen molar-refractivity contribution in [3.05, 3.63) is 36.5 Å². The number of carbonyl (C=O) groups is 1. The molecular weight excluding hydrogens is 619 g/mol. The van der Waals surface area contributed by atoms with Crippen molar-refractivity contribution in [2.24, 2.45) is 0 Å². The van der Waals surface area contributed by atoms with Crippen LogP contribution in [-0.2, 0) is 27.9 Å². The molecule has 0 amide bonds. The summed E-state index contributed by atoms with van der Waals surface area (Å²) in [6, 6.07) is 0. The van der Waals surface area contributed by atoms with Crippen LogP contribution in [0.25, 0.3) is 0 Å². The molecule has 3 N–H and O–H groups in total. The van der Waals surface area contributed by atoms with Crippen molar-refractivity contribution >= 4 is 13.8 Å². The largest absolute Gasteiger partial charge is 0.472 e. The van der Waals surface area contributed by atoms with Gasteiger partial charge in [0.05, 0.1) is 26.4 Å². The Balaban J connectivity index is 4.28. The van der Waals surface area contributed by atoms with Gasteiger partial charge in [0.15, 0.2) is 0 Å². The predicted molar refractivity (Wildman–Crippen MR) is 191 cm³/mol. The van der Waals surface area contributed by atoms with Crippen LogP contribution in [0.3, 0.4) is 0 Å². The molecule has 0 fully saturated rings. The third kappa shape index (κ3) is 34.3. The summed E-state index contributed by atoms with van der Waals surface area (Å²) in [4.78, 5) is 22.4. The quantitative estimate of drug-likeness (QED) is 0.0258. The summed E-state index contributed by atoms with van der Waals surface area (Å²) in [5.74, 6) is -0.401. The molecule has 0 rings (SSSR count). The third-order valence-corrected chi connectivity index (χ3v) is 8.48. The molecule has 0 aromatic carbocycles. The lowest BCUT2D eigenvalue weighted by molar-refractivity contribution is -0.154. The van der Waals surface area contributed by atoms with Crippen LogP contribution >= 0.6 is 7.82 Å². The summed E-state index contributed by atoms with van der Waals surface area (Å²) in [5, 5.41) is 18.3. The number of hydrogen-bond acceptors (Lipinski definition) is 8. The van der Waals surface area contributed by atoms with Crippen molar-refractivity contribution in [2.75, 3.05) is 33.0 Å². The third-order valence-electron chi connectivity index (χ3n) is 7.53. The Morgan fingerprint density at radius 1 is 0.660 bits per heavy atom. The average molecular weight is 689 g/mol. The standard InChI is InChI=1S/C37H69O9P/c1-3-5-7-9-11-13-15-16-17-18-19-21-23-25-27-29-37(40)46-36(34-45-47(41,42)44-32-35(39)31-38)33-43-30-28-26-24-22-20-14-12-10-8-6-4-2/h8,10-11,13,16-17,35-36,38-39H,3-7,9,12,14-15,18-34H2,1-2H3,(H,41,42)/b10-8-,13-11-,17-16-. The molecule has 0 radical (unpaired) electrons. The lowest BCUT2D eigenvalue weighted by Crippen LogP contribution is -2.29. The number of hydrogen-bond donors (Lipinski definition) is 3. The van der Waals surface area contributed by atoms with Gasteiger partial charge in [-0.1, -0.05) is 115 Å². The summed E-state index contributed by atoms with van der Waals surface area (Å²) in [6.45, 7) is 3.38. The minimum atomic E-state index is -4.51. The number of phosphoric ester groups is 1. The first-order valence-electron chi connectivity index (χ1n) is 18.5. The summed E-state index contributed by atoms with van der Waals surface area (Å²) in [5.41, 5.74) is 0. The molecule has 0 aromatic rings. The molecule has 0 aliphatic carbocycles. The molecule has 3 unspecified atom stereocenters. The second-order valence-electron chi connectivity index (χ2n) is 12.2. The molecule has 0 aliphatic heterocycles. The van der Waals surface area contributed by atoms with Gasteiger partial charge in [-0.2, -0.15) is 0 Å². The smallest absolute Gasteiger partial charge is 0.457 e. The highest BCUT2D eigenvalue weighted by molar-refractivity contribution is 7.47. The molecule has 276 valence electrons. The van der Waals surface area contributed by atoms with E-state index in [2.05, 4.69) is 50.3 Å². The van der Waals surface area contributed by atoms with Gasteiger partial charge in [0, 0.05) is 13.0 Å². The van der Waals surface area contributed by atoms with Crippen LogP contribution in [0.5, 0.6) is 0 Å². The van der Waals surface area contributed by atoms with Crippen molar-refractivity contribution < 1.29 is 43.0 Å². The Morgan fingerprint density at radius 3 is 1.81 bits per heavy atom. The SMILES string of the molecule is CCC/C=C\CCCCCCCCOCC(COP(=O)(O)OCC(O)CO)OC(=O)CCCCCCC/C=C\C/C=C\CCCCC. The number of carbonyl (C=O) groups excluding carboxylic acids is 1. The summed E-state index contributed by atoms with van der Waals surface area (Å²) >= 11 is 0. The van der Waals surface area contributed by atoms with Crippen molar-refractivity contribution in [2.45, 2.75) is 161 Å². The summed E-state index contributed by atoms with van der Waals surface area (Å²) in [7, 11) is -4.51. The Kier molecular flexibility index (Phi) is 33.6. The molecule has 0 saturated carbocycles. The van der Waals surface area contributed by atoms with E-state index in [1.54, 1.807) is 0 Å². The first-order chi connectivity index (χ1) is 22.8. The lowest BCUT2D eigenvalue weighted by Gasteiger charge is -2.20. The predicted octanol–water partition coefficient (Wildman–Crippen LogP) is 9.30. The maximum absolute atomic E-state index is 12.5. The zero-order valence-electron chi connectivity index (χ0n) is 29.7. The average Bonchev–Trinajstić information content (AvgIpc) is 3.06. The normalized spacial score (nSPS) is 14.7. The van der Waals surface area contributed by atoms with Crippen LogP contribution in [0.15, 0.2) is 36.5 Å². The maximum Gasteiger partial charge on any atom is 0.472 e. The zero-order chi connectivity index (χ0) is 34.7. The number of rotatable bonds is 35. The van der Waals surface area contributed by atoms with Gasteiger partial charge in [0.2, 0.25) is 0 Å². The van der Waals surface area contributed by atoms with Gasteiger partial charge in [0.1, 0.15) is 12.2 Å². The molecular formula is C37H69O9P. The number of unbranched alkanes of at least 4 members (excludes halogenated alkanes) is 15. The van der Waals surface area contributed by atoms with E-state index in [1.807, 2.05) is 0 Å². The number of aliphatic hydroxyl groups is 2. The van der Waals surface area contributed by atoms with E-state index in [0.717, 1.165) is 70.6 Å². The Morgan fingerprint density at radius 2 is 1.19 bits per heavy atom. The Bertz CT molecular complexity index is 831. The minimum Gasteiger partial charge on any atom is -0.457 e. The summed E-state index contributed by atoms with van der Waals surface area (Å²) in [6.07, 6.45) is 33.8. The Labute approximate surface area is 286 Å². The first-order valence-corrected chi connectivity index (χ1v) is 20.0. The highest BCUT2D eigenvalue weighted by atomic mass is 31.2. The second kappa shape index (κ2) is 34.5. The molecule has 10 heteroatoms. The molecule has 3 atom stereocenters. The number of phosphoric acid groups is 1. The van der Waals surface area contributed by atoms with E-state index in [9.17, 15) is 19.4 Å². The van der Waals surface area contributed by atoms with Gasteiger partial charge in [-0.25, -0.2) is 4.57 Å². The van der Waals surface area contributed by atoms with Gasteiger partial charge in [0.25, 0.3) is 0 Å². The second-order valence-corrected chi connectivity index (χ2v) is 13.7. The minimum absolute atomic E-state index is 0.0390. The molecule has 9 nitrogen and oxygen atoms in total. The van der Waals surface area contributed by atoms with Crippen molar-refractivity contribution in [1.82, 2.24) is 0 Å². The monoisotopic (exact) mass is 688 g/mol. The van der Waals surface area contributed by atoms with Crippen LogP contribution in [0.1, 0.15) is 149 Å². The number of allylic oxidation sites excluding steroid dienone is 6. The lowest BCUT2D eigenvalue weighted by atomic mass is 10.1. The number of aliphatic hydroxyl groups excluding tert-OH is 2. The number of ether oxygens (including phenoxy) is 2. The topological polar surface area (TPSA) is 132 Å². The van der Waals surface area contributed by atoms with Crippen molar-refractivity contribution in [1.29, 1.82) is 0 Å². The fraction of sp³-hybridized carbons (Fsp3) is 0.811. The van der Waals surface area contributed by atoms with E-state index in [1.165, 1.54) is 51.4 Å². The maximum atomic E-state index is 12.5. The van der Waals surface area contributed by atoms with Gasteiger partial charge < -0.3 is 24.6 Å². The van der Waals surface area contributed by atoms with E-state index in [4.69, 9.17) is 23.6 Å². The van der Waals surface area contributed by atoms with Crippen LogP contribution in [0.2, 0.25) is 0 Å². The molecule has 0 aliphatic rings. The van der Waals surface area contributed by atoms with Crippen molar-refractivity contribution in [3.8, 4) is 0 Å². The van der Waals surface area contributed by atoms with Crippen LogP contribution in [0, 0.1) is 0 Å². The van der Waals surface area contributed by atoms with Crippen LogP contribution in [-0.4, -0.2) is 66.3 Å². The van der Waals surface area contributed by atoms with Gasteiger partial charge in [-0.3, -0.25) is 13.8 Å². The van der Waals surface area contributed by atoms with Gasteiger partial charge in [-0.15, -0.1) is 0 Å². The van der Waals surface area contributed by atoms with Crippen LogP contribution < -0.4 is 0 Å². The Hall–Kier alpha value is -1.32. The van der Waals surface area contributed by atoms with E-state index >= 15 is 0 Å². The van der Waals surface area contributed by atoms with Crippen LogP contribution in [0.4, 0.5) is 0 Å². The highest BCUT2D eigenvalue weighted by Crippen LogP contribution is 2.43. The molecule has 0 bridgehead atoms.